The Morgan fingerprint density at radius 2 is 1.89 bits per heavy atom. The molecule has 0 aliphatic carbocycles. The average Bonchev–Trinajstić information content (AvgIpc) is 2.92. The van der Waals surface area contributed by atoms with Crippen molar-refractivity contribution in [3.05, 3.63) is 47.8 Å². The first-order valence-electron chi connectivity index (χ1n) is 5.64. The fourth-order valence-electron chi connectivity index (χ4n) is 1.35. The van der Waals surface area contributed by atoms with Gasteiger partial charge in [0.2, 0.25) is 0 Å². The molecule has 1 aromatic heterocycles. The Bertz CT molecular complexity index is 583. The highest BCUT2D eigenvalue weighted by Gasteiger charge is 2.11. The van der Waals surface area contributed by atoms with Gasteiger partial charge in [0.15, 0.2) is 0 Å². The maximum atomic E-state index is 11.8. The second kappa shape index (κ2) is 7.06. The van der Waals surface area contributed by atoms with Gasteiger partial charge in [-0.1, -0.05) is 24.3 Å². The maximum Gasteiger partial charge on any atom is 0.253 e. The first-order valence-corrected chi connectivity index (χ1v) is 8.99. The van der Waals surface area contributed by atoms with Crippen LogP contribution in [-0.2, 0) is 10.0 Å². The van der Waals surface area contributed by atoms with E-state index < -0.39 is 10.0 Å². The van der Waals surface area contributed by atoms with Crippen molar-refractivity contribution in [3.8, 4) is 0 Å². The van der Waals surface area contributed by atoms with Crippen molar-refractivity contribution >= 4 is 33.1 Å². The molecule has 0 amide bonds. The van der Waals surface area contributed by atoms with E-state index in [9.17, 15) is 8.42 Å². The lowest BCUT2D eigenvalue weighted by Gasteiger charge is -2.07. The SMILES string of the molecule is O=S(=O)(NNCCSc1cccs1)c1ccccc1. The highest BCUT2D eigenvalue weighted by molar-refractivity contribution is 8.01. The van der Waals surface area contributed by atoms with E-state index in [4.69, 9.17) is 0 Å². The lowest BCUT2D eigenvalue weighted by molar-refractivity contribution is 0.562. The van der Waals surface area contributed by atoms with Gasteiger partial charge in [0.1, 0.15) is 0 Å². The van der Waals surface area contributed by atoms with Crippen LogP contribution in [0.4, 0.5) is 0 Å². The van der Waals surface area contributed by atoms with Gasteiger partial charge in [-0.15, -0.1) is 27.9 Å². The lowest BCUT2D eigenvalue weighted by Crippen LogP contribution is -2.38. The number of sulfonamides is 1. The molecule has 19 heavy (non-hydrogen) atoms. The van der Waals surface area contributed by atoms with Crippen LogP contribution in [0.1, 0.15) is 0 Å². The predicted octanol–water partition coefficient (Wildman–Crippen LogP) is 2.32. The molecule has 0 spiro atoms. The van der Waals surface area contributed by atoms with Crippen molar-refractivity contribution in [2.45, 2.75) is 9.10 Å². The van der Waals surface area contributed by atoms with Gasteiger partial charge in [-0.2, -0.15) is 0 Å². The third-order valence-electron chi connectivity index (χ3n) is 2.23. The van der Waals surface area contributed by atoms with Crippen molar-refractivity contribution in [1.29, 1.82) is 0 Å². The molecule has 0 bridgehead atoms. The van der Waals surface area contributed by atoms with Crippen molar-refractivity contribution in [2.24, 2.45) is 0 Å². The molecule has 0 fully saturated rings. The number of rotatable bonds is 7. The molecule has 102 valence electrons. The van der Waals surface area contributed by atoms with Gasteiger partial charge in [-0.25, -0.2) is 13.8 Å². The molecule has 4 nitrogen and oxygen atoms in total. The highest BCUT2D eigenvalue weighted by atomic mass is 32.2. The van der Waals surface area contributed by atoms with Crippen LogP contribution in [0.5, 0.6) is 0 Å². The Kier molecular flexibility index (Phi) is 5.41. The third-order valence-corrected chi connectivity index (χ3v) is 5.67. The number of benzene rings is 1. The zero-order valence-electron chi connectivity index (χ0n) is 10.1. The van der Waals surface area contributed by atoms with Gasteiger partial charge < -0.3 is 0 Å². The van der Waals surface area contributed by atoms with Gasteiger partial charge in [0.25, 0.3) is 10.0 Å². The molecule has 2 aromatic rings. The molecule has 2 rings (SSSR count). The number of thiophene rings is 1. The minimum absolute atomic E-state index is 0.258. The summed E-state index contributed by atoms with van der Waals surface area (Å²) in [5.74, 6) is 0.803. The second-order valence-corrected chi connectivity index (χ2v) is 7.65. The molecule has 0 aliphatic rings. The van der Waals surface area contributed by atoms with E-state index >= 15 is 0 Å². The van der Waals surface area contributed by atoms with Crippen molar-refractivity contribution < 1.29 is 8.42 Å². The molecule has 2 N–H and O–H groups in total. The predicted molar refractivity (Wildman–Crippen MR) is 79.8 cm³/mol. The van der Waals surface area contributed by atoms with Gasteiger partial charge in [0.05, 0.1) is 9.10 Å². The Morgan fingerprint density at radius 3 is 2.58 bits per heavy atom. The molecule has 0 saturated heterocycles. The summed E-state index contributed by atoms with van der Waals surface area (Å²) in [6.45, 7) is 0.564. The van der Waals surface area contributed by atoms with E-state index in [0.29, 0.717) is 6.54 Å². The smallest absolute Gasteiger partial charge is 0.243 e. The zero-order chi connectivity index (χ0) is 13.6. The van der Waals surface area contributed by atoms with Crippen LogP contribution < -0.4 is 10.3 Å². The van der Waals surface area contributed by atoms with Crippen LogP contribution >= 0.6 is 23.1 Å². The molecule has 7 heteroatoms. The summed E-state index contributed by atoms with van der Waals surface area (Å²) in [4.78, 5) is 2.63. The average molecular weight is 314 g/mol. The number of thioether (sulfide) groups is 1. The molecule has 0 saturated carbocycles. The van der Waals surface area contributed by atoms with Gasteiger partial charge >= 0.3 is 0 Å². The number of hydrogen-bond donors (Lipinski definition) is 2. The van der Waals surface area contributed by atoms with Gasteiger partial charge in [0, 0.05) is 12.3 Å². The monoisotopic (exact) mass is 314 g/mol. The van der Waals surface area contributed by atoms with Crippen LogP contribution in [0.15, 0.2) is 56.9 Å². The van der Waals surface area contributed by atoms with Crippen LogP contribution in [0.3, 0.4) is 0 Å². The van der Waals surface area contributed by atoms with Crippen molar-refractivity contribution in [2.75, 3.05) is 12.3 Å². The summed E-state index contributed by atoms with van der Waals surface area (Å²) in [7, 11) is -3.46. The van der Waals surface area contributed by atoms with Gasteiger partial charge in [-0.05, 0) is 23.6 Å². The van der Waals surface area contributed by atoms with E-state index in [-0.39, 0.29) is 4.90 Å². The molecular weight excluding hydrogens is 300 g/mol. The van der Waals surface area contributed by atoms with E-state index in [1.165, 1.54) is 4.21 Å². The van der Waals surface area contributed by atoms with Gasteiger partial charge in [-0.3, -0.25) is 0 Å². The van der Waals surface area contributed by atoms with Crippen molar-refractivity contribution in [1.82, 2.24) is 10.3 Å². The van der Waals surface area contributed by atoms with E-state index in [0.717, 1.165) is 5.75 Å². The van der Waals surface area contributed by atoms with E-state index in [1.54, 1.807) is 53.4 Å². The molecule has 0 atom stereocenters. The van der Waals surface area contributed by atoms with Crippen LogP contribution in [0.2, 0.25) is 0 Å². The topological polar surface area (TPSA) is 58.2 Å². The standard InChI is InChI=1S/C12H14N2O2S3/c15-19(16,11-5-2-1-3-6-11)14-13-8-10-18-12-7-4-9-17-12/h1-7,9,13-14H,8,10H2. The van der Waals surface area contributed by atoms with Crippen LogP contribution in [0, 0.1) is 0 Å². The summed E-state index contributed by atoms with van der Waals surface area (Å²) in [6.07, 6.45) is 0. The number of nitrogens with one attached hydrogen (secondary N) is 2. The summed E-state index contributed by atoms with van der Waals surface area (Å²) in [5, 5.41) is 2.02. The minimum Gasteiger partial charge on any atom is -0.243 e. The molecule has 0 unspecified atom stereocenters. The van der Waals surface area contributed by atoms with E-state index in [2.05, 4.69) is 10.3 Å². The number of hydrogen-bond acceptors (Lipinski definition) is 5. The summed E-state index contributed by atoms with van der Waals surface area (Å²) in [6, 6.07) is 12.3. The summed E-state index contributed by atoms with van der Waals surface area (Å²) >= 11 is 3.37. The fraction of sp³-hybridized carbons (Fsp3) is 0.167. The molecular formula is C12H14N2O2S3. The quantitative estimate of drug-likeness (QED) is 0.468. The molecule has 1 aromatic carbocycles. The van der Waals surface area contributed by atoms with Crippen molar-refractivity contribution in [3.63, 3.8) is 0 Å². The van der Waals surface area contributed by atoms with Crippen LogP contribution in [-0.4, -0.2) is 20.7 Å². The maximum absolute atomic E-state index is 11.8. The first kappa shape index (κ1) is 14.5. The Morgan fingerprint density at radius 1 is 1.11 bits per heavy atom. The highest BCUT2D eigenvalue weighted by Crippen LogP contribution is 2.22. The lowest BCUT2D eigenvalue weighted by atomic mass is 10.4. The molecule has 0 radical (unpaired) electrons. The third kappa shape index (κ3) is 4.63. The Hall–Kier alpha value is -0.860. The number of hydrazine groups is 1. The second-order valence-electron chi connectivity index (χ2n) is 3.63. The summed E-state index contributed by atoms with van der Waals surface area (Å²) in [5.41, 5.74) is 2.73. The molecule has 1 heterocycles. The fourth-order valence-corrected chi connectivity index (χ4v) is 4.00. The largest absolute Gasteiger partial charge is 0.253 e. The zero-order valence-corrected chi connectivity index (χ0v) is 12.5. The minimum atomic E-state index is -3.46. The normalized spacial score (nSPS) is 11.6. The first-order chi connectivity index (χ1) is 9.18. The summed E-state index contributed by atoms with van der Waals surface area (Å²) < 4.78 is 24.9. The molecule has 0 aliphatic heterocycles. The Labute approximate surface area is 121 Å². The van der Waals surface area contributed by atoms with E-state index in [1.807, 2.05) is 17.5 Å². The Balaban J connectivity index is 1.73. The van der Waals surface area contributed by atoms with Crippen LogP contribution in [0.25, 0.3) is 0 Å².